The zero-order valence-electron chi connectivity index (χ0n) is 13.5. The number of hydrogen-bond acceptors (Lipinski definition) is 2. The second-order valence-corrected chi connectivity index (χ2v) is 6.91. The van der Waals surface area contributed by atoms with Crippen LogP contribution in [0.3, 0.4) is 0 Å². The molecule has 1 atom stereocenters. The van der Waals surface area contributed by atoms with Gasteiger partial charge >= 0.3 is 0 Å². The number of benzene rings is 1. The summed E-state index contributed by atoms with van der Waals surface area (Å²) in [6.45, 7) is 8.76. The second-order valence-electron chi connectivity index (χ2n) is 5.99. The minimum atomic E-state index is 0.544. The van der Waals surface area contributed by atoms with Gasteiger partial charge in [0.1, 0.15) is 5.75 Å². The van der Waals surface area contributed by atoms with E-state index in [0.29, 0.717) is 6.04 Å². The van der Waals surface area contributed by atoms with Gasteiger partial charge in [-0.05, 0) is 48.6 Å². The van der Waals surface area contributed by atoms with E-state index in [-0.39, 0.29) is 0 Å². The van der Waals surface area contributed by atoms with Crippen molar-refractivity contribution in [3.8, 4) is 5.75 Å². The van der Waals surface area contributed by atoms with Crippen LogP contribution in [0.4, 0.5) is 0 Å². The lowest BCUT2D eigenvalue weighted by Crippen LogP contribution is -2.38. The summed E-state index contributed by atoms with van der Waals surface area (Å²) < 4.78 is 7.07. The first-order valence-corrected chi connectivity index (χ1v) is 9.16. The molecule has 1 aromatic rings. The quantitative estimate of drug-likeness (QED) is 0.729. The van der Waals surface area contributed by atoms with Crippen LogP contribution in [-0.4, -0.2) is 19.2 Å². The average molecular weight is 354 g/mol. The summed E-state index contributed by atoms with van der Waals surface area (Å²) >= 11 is 3.65. The summed E-state index contributed by atoms with van der Waals surface area (Å²) in [5.74, 6) is 1.88. The lowest BCUT2D eigenvalue weighted by Gasteiger charge is -2.27. The minimum Gasteiger partial charge on any atom is -0.493 e. The Balaban J connectivity index is 2.19. The highest BCUT2D eigenvalue weighted by Gasteiger charge is 2.23. The molecule has 3 heteroatoms. The largest absolute Gasteiger partial charge is 0.493 e. The Morgan fingerprint density at radius 3 is 2.67 bits per heavy atom. The van der Waals surface area contributed by atoms with Gasteiger partial charge in [-0.15, -0.1) is 0 Å². The molecule has 1 N–H and O–H groups in total. The Hall–Kier alpha value is -0.540. The van der Waals surface area contributed by atoms with Crippen molar-refractivity contribution in [2.45, 2.75) is 58.9 Å². The molecule has 1 heterocycles. The van der Waals surface area contributed by atoms with Crippen LogP contribution in [0.25, 0.3) is 0 Å². The second kappa shape index (κ2) is 8.19. The number of ether oxygens (including phenoxy) is 1. The number of nitrogens with one attached hydrogen (secondary N) is 1. The Morgan fingerprint density at radius 1 is 1.24 bits per heavy atom. The van der Waals surface area contributed by atoms with Crippen molar-refractivity contribution in [1.29, 1.82) is 0 Å². The molecule has 0 amide bonds. The van der Waals surface area contributed by atoms with Crippen molar-refractivity contribution in [3.05, 3.63) is 27.7 Å². The molecule has 0 saturated carbocycles. The third-order valence-electron chi connectivity index (χ3n) is 4.54. The van der Waals surface area contributed by atoms with Gasteiger partial charge in [0.2, 0.25) is 0 Å². The highest BCUT2D eigenvalue weighted by atomic mass is 79.9. The van der Waals surface area contributed by atoms with E-state index in [9.17, 15) is 0 Å². The van der Waals surface area contributed by atoms with Crippen molar-refractivity contribution in [3.63, 3.8) is 0 Å². The van der Waals surface area contributed by atoms with Gasteiger partial charge in [0.05, 0.1) is 6.61 Å². The Kier molecular flexibility index (Phi) is 6.56. The van der Waals surface area contributed by atoms with Crippen LogP contribution in [0.1, 0.15) is 51.2 Å². The van der Waals surface area contributed by atoms with Gasteiger partial charge in [-0.25, -0.2) is 0 Å². The molecule has 1 unspecified atom stereocenters. The predicted molar refractivity (Wildman–Crippen MR) is 93.2 cm³/mol. The number of fused-ring (bicyclic) bond motifs is 1. The third kappa shape index (κ3) is 4.23. The number of rotatable bonds is 8. The van der Waals surface area contributed by atoms with Gasteiger partial charge in [0, 0.05) is 16.9 Å². The maximum Gasteiger partial charge on any atom is 0.125 e. The summed E-state index contributed by atoms with van der Waals surface area (Å²) in [4.78, 5) is 0. The van der Waals surface area contributed by atoms with Gasteiger partial charge in [-0.3, -0.25) is 0 Å². The summed E-state index contributed by atoms with van der Waals surface area (Å²) in [5, 5.41) is 3.76. The Bertz CT molecular complexity index is 457. The first kappa shape index (κ1) is 16.8. The van der Waals surface area contributed by atoms with E-state index < -0.39 is 0 Å². The van der Waals surface area contributed by atoms with E-state index in [0.717, 1.165) is 37.7 Å². The van der Waals surface area contributed by atoms with Crippen molar-refractivity contribution in [2.75, 3.05) is 13.2 Å². The molecular formula is C18H28BrNO. The number of halogens is 1. The van der Waals surface area contributed by atoms with Gasteiger partial charge in [0.25, 0.3) is 0 Å². The molecule has 0 spiro atoms. The zero-order valence-corrected chi connectivity index (χ0v) is 15.1. The average Bonchev–Trinajstić information content (AvgIpc) is 2.93. The molecule has 0 fully saturated rings. The van der Waals surface area contributed by atoms with Crippen LogP contribution >= 0.6 is 15.9 Å². The Labute approximate surface area is 137 Å². The lowest BCUT2D eigenvalue weighted by atomic mass is 9.88. The van der Waals surface area contributed by atoms with E-state index in [2.05, 4.69) is 54.2 Å². The topological polar surface area (TPSA) is 21.3 Å². The van der Waals surface area contributed by atoms with Crippen LogP contribution < -0.4 is 10.1 Å². The predicted octanol–water partition coefficient (Wildman–Crippen LogP) is 4.73. The molecule has 0 aliphatic carbocycles. The highest BCUT2D eigenvalue weighted by molar-refractivity contribution is 9.10. The molecule has 2 nitrogen and oxygen atoms in total. The molecule has 0 aromatic heterocycles. The van der Waals surface area contributed by atoms with Gasteiger partial charge in [0.15, 0.2) is 0 Å². The molecule has 1 aliphatic heterocycles. The van der Waals surface area contributed by atoms with Crippen LogP contribution in [0, 0.1) is 5.92 Å². The van der Waals surface area contributed by atoms with Gasteiger partial charge in [-0.1, -0.05) is 49.5 Å². The molecule has 21 heavy (non-hydrogen) atoms. The normalized spacial score (nSPS) is 15.1. The zero-order chi connectivity index (χ0) is 15.2. The fourth-order valence-corrected chi connectivity index (χ4v) is 3.88. The maximum absolute atomic E-state index is 5.89. The maximum atomic E-state index is 5.89. The molecule has 2 rings (SSSR count). The minimum absolute atomic E-state index is 0.544. The molecule has 0 radical (unpaired) electrons. The van der Waals surface area contributed by atoms with E-state index in [4.69, 9.17) is 4.74 Å². The van der Waals surface area contributed by atoms with Crippen LogP contribution in [0.5, 0.6) is 5.75 Å². The molecule has 0 bridgehead atoms. The van der Waals surface area contributed by atoms with Crippen LogP contribution in [0.15, 0.2) is 16.6 Å². The van der Waals surface area contributed by atoms with E-state index >= 15 is 0 Å². The third-order valence-corrected chi connectivity index (χ3v) is 5.00. The summed E-state index contributed by atoms with van der Waals surface area (Å²) in [6.07, 6.45) is 5.75. The van der Waals surface area contributed by atoms with Gasteiger partial charge in [-0.2, -0.15) is 0 Å². The number of hydrogen-bond donors (Lipinski definition) is 1. The molecular weight excluding hydrogens is 326 g/mol. The fraction of sp³-hybridized carbons (Fsp3) is 0.667. The standard InChI is InChI=1S/C18H28BrNO/c1-4-8-20-17(13(5-2)6-3)12-15-11-16(19)10-14-7-9-21-18(14)15/h10-11,13,17,20H,4-9,12H2,1-3H3. The smallest absolute Gasteiger partial charge is 0.125 e. The highest BCUT2D eigenvalue weighted by Crippen LogP contribution is 2.34. The lowest BCUT2D eigenvalue weighted by molar-refractivity contribution is 0.321. The van der Waals surface area contributed by atoms with Crippen molar-refractivity contribution >= 4 is 15.9 Å². The van der Waals surface area contributed by atoms with E-state index in [1.54, 1.807) is 0 Å². The first-order valence-electron chi connectivity index (χ1n) is 8.37. The molecule has 1 aromatic carbocycles. The summed E-state index contributed by atoms with van der Waals surface area (Å²) in [5.41, 5.74) is 2.72. The molecule has 0 saturated heterocycles. The SMILES string of the molecule is CCCNC(Cc1cc(Br)cc2c1OCC2)C(CC)CC. The Morgan fingerprint density at radius 2 is 2.00 bits per heavy atom. The summed E-state index contributed by atoms with van der Waals surface area (Å²) in [7, 11) is 0. The monoisotopic (exact) mass is 353 g/mol. The fourth-order valence-electron chi connectivity index (χ4n) is 3.33. The van der Waals surface area contributed by atoms with Crippen LogP contribution in [-0.2, 0) is 12.8 Å². The summed E-state index contributed by atoms with van der Waals surface area (Å²) in [6, 6.07) is 4.99. The van der Waals surface area contributed by atoms with E-state index in [1.165, 1.54) is 34.9 Å². The van der Waals surface area contributed by atoms with Crippen molar-refractivity contribution in [1.82, 2.24) is 5.32 Å². The molecule has 118 valence electrons. The van der Waals surface area contributed by atoms with Crippen molar-refractivity contribution < 1.29 is 4.74 Å². The molecule has 1 aliphatic rings. The van der Waals surface area contributed by atoms with E-state index in [1.807, 2.05) is 0 Å². The van der Waals surface area contributed by atoms with Gasteiger partial charge < -0.3 is 10.1 Å². The first-order chi connectivity index (χ1) is 10.2. The van der Waals surface area contributed by atoms with Crippen molar-refractivity contribution in [2.24, 2.45) is 5.92 Å². The van der Waals surface area contributed by atoms with Crippen LogP contribution in [0.2, 0.25) is 0 Å².